The highest BCUT2D eigenvalue weighted by atomic mass is 19.1. The van der Waals surface area contributed by atoms with Crippen LogP contribution < -0.4 is 0 Å². The van der Waals surface area contributed by atoms with E-state index in [1.54, 1.807) is 0 Å². The maximum atomic E-state index is 13.2. The molecular formula is C14H19FO2. The molecule has 0 heterocycles. The summed E-state index contributed by atoms with van der Waals surface area (Å²) in [6.07, 6.45) is 0.680. The van der Waals surface area contributed by atoms with E-state index in [0.29, 0.717) is 23.8 Å². The monoisotopic (exact) mass is 238 g/mol. The summed E-state index contributed by atoms with van der Waals surface area (Å²) < 4.78 is 17.9. The van der Waals surface area contributed by atoms with Gasteiger partial charge in [0.1, 0.15) is 5.82 Å². The molecule has 0 aliphatic heterocycles. The standard InChI is InChI=1S/C14H19FO2/c1-9(2)10(3)7-11-8-12(15)5-6-13(11)14(16)17-4/h5-6,8-10H,7H2,1-4H3. The van der Waals surface area contributed by atoms with Crippen molar-refractivity contribution in [3.05, 3.63) is 35.1 Å². The maximum Gasteiger partial charge on any atom is 0.338 e. The highest BCUT2D eigenvalue weighted by Gasteiger charge is 2.16. The molecule has 94 valence electrons. The van der Waals surface area contributed by atoms with Crippen LogP contribution in [0.1, 0.15) is 36.7 Å². The summed E-state index contributed by atoms with van der Waals surface area (Å²) in [5.41, 5.74) is 1.18. The van der Waals surface area contributed by atoms with Gasteiger partial charge in [-0.25, -0.2) is 9.18 Å². The highest BCUT2D eigenvalue weighted by Crippen LogP contribution is 2.21. The quantitative estimate of drug-likeness (QED) is 0.751. The van der Waals surface area contributed by atoms with E-state index < -0.39 is 5.97 Å². The third-order valence-corrected chi connectivity index (χ3v) is 3.15. The van der Waals surface area contributed by atoms with Gasteiger partial charge in [-0.3, -0.25) is 0 Å². The Hall–Kier alpha value is -1.38. The number of methoxy groups -OCH3 is 1. The average Bonchev–Trinajstić information content (AvgIpc) is 2.28. The number of ether oxygens (including phenoxy) is 1. The summed E-state index contributed by atoms with van der Waals surface area (Å²) >= 11 is 0. The van der Waals surface area contributed by atoms with E-state index in [4.69, 9.17) is 4.74 Å². The molecule has 1 unspecified atom stereocenters. The molecule has 0 spiro atoms. The molecule has 0 aromatic heterocycles. The number of carbonyl (C=O) groups is 1. The van der Waals surface area contributed by atoms with Crippen LogP contribution in [0.15, 0.2) is 18.2 Å². The molecule has 0 fully saturated rings. The first kappa shape index (κ1) is 13.7. The van der Waals surface area contributed by atoms with E-state index in [2.05, 4.69) is 20.8 Å². The van der Waals surface area contributed by atoms with Crippen LogP contribution in [0.5, 0.6) is 0 Å². The van der Waals surface area contributed by atoms with E-state index in [-0.39, 0.29) is 5.82 Å². The van der Waals surface area contributed by atoms with Crippen LogP contribution in [-0.4, -0.2) is 13.1 Å². The van der Waals surface area contributed by atoms with Gasteiger partial charge in [-0.15, -0.1) is 0 Å². The number of halogens is 1. The van der Waals surface area contributed by atoms with Crippen molar-refractivity contribution >= 4 is 5.97 Å². The van der Waals surface area contributed by atoms with E-state index in [0.717, 1.165) is 5.56 Å². The number of benzene rings is 1. The van der Waals surface area contributed by atoms with Crippen molar-refractivity contribution in [2.24, 2.45) is 11.8 Å². The van der Waals surface area contributed by atoms with Crippen molar-refractivity contribution in [2.45, 2.75) is 27.2 Å². The molecule has 17 heavy (non-hydrogen) atoms. The number of rotatable bonds is 4. The zero-order valence-corrected chi connectivity index (χ0v) is 10.8. The zero-order valence-electron chi connectivity index (χ0n) is 10.8. The topological polar surface area (TPSA) is 26.3 Å². The van der Waals surface area contributed by atoms with Crippen LogP contribution >= 0.6 is 0 Å². The van der Waals surface area contributed by atoms with Crippen LogP contribution in [0.25, 0.3) is 0 Å². The van der Waals surface area contributed by atoms with Gasteiger partial charge in [0.25, 0.3) is 0 Å². The van der Waals surface area contributed by atoms with Gasteiger partial charge in [0.2, 0.25) is 0 Å². The molecule has 3 heteroatoms. The third-order valence-electron chi connectivity index (χ3n) is 3.15. The Morgan fingerprint density at radius 1 is 1.35 bits per heavy atom. The first-order valence-corrected chi connectivity index (χ1v) is 5.82. The molecule has 1 atom stereocenters. The van der Waals surface area contributed by atoms with Crippen LogP contribution in [0.3, 0.4) is 0 Å². The molecule has 0 radical (unpaired) electrons. The van der Waals surface area contributed by atoms with Crippen molar-refractivity contribution in [2.75, 3.05) is 7.11 Å². The fraction of sp³-hybridized carbons (Fsp3) is 0.500. The van der Waals surface area contributed by atoms with Crippen molar-refractivity contribution in [3.63, 3.8) is 0 Å². The van der Waals surface area contributed by atoms with E-state index in [9.17, 15) is 9.18 Å². The van der Waals surface area contributed by atoms with E-state index in [1.165, 1.54) is 25.3 Å². The summed E-state index contributed by atoms with van der Waals surface area (Å²) in [7, 11) is 1.33. The molecule has 1 aromatic carbocycles. The molecule has 0 bridgehead atoms. The molecule has 0 amide bonds. The normalized spacial score (nSPS) is 12.6. The van der Waals surface area contributed by atoms with Gasteiger partial charge in [0.05, 0.1) is 12.7 Å². The van der Waals surface area contributed by atoms with Crippen LogP contribution in [0, 0.1) is 17.7 Å². The molecule has 1 aromatic rings. The smallest absolute Gasteiger partial charge is 0.338 e. The summed E-state index contributed by atoms with van der Waals surface area (Å²) in [6.45, 7) is 6.32. The van der Waals surface area contributed by atoms with Gasteiger partial charge < -0.3 is 4.74 Å². The van der Waals surface area contributed by atoms with Crippen molar-refractivity contribution in [1.82, 2.24) is 0 Å². The van der Waals surface area contributed by atoms with Crippen LogP contribution in [0.4, 0.5) is 4.39 Å². The Labute approximate surface area is 102 Å². The lowest BCUT2D eigenvalue weighted by Crippen LogP contribution is -2.12. The molecule has 0 aliphatic rings. The number of hydrogen-bond donors (Lipinski definition) is 0. The highest BCUT2D eigenvalue weighted by molar-refractivity contribution is 5.91. The fourth-order valence-electron chi connectivity index (χ4n) is 1.62. The van der Waals surface area contributed by atoms with Gasteiger partial charge in [-0.05, 0) is 42.0 Å². The fourth-order valence-corrected chi connectivity index (χ4v) is 1.62. The molecule has 0 saturated heterocycles. The summed E-state index contributed by atoms with van der Waals surface area (Å²) in [5, 5.41) is 0. The van der Waals surface area contributed by atoms with Gasteiger partial charge >= 0.3 is 5.97 Å². The second-order valence-corrected chi connectivity index (χ2v) is 4.72. The summed E-state index contributed by atoms with van der Waals surface area (Å²) in [4.78, 5) is 11.6. The third kappa shape index (κ3) is 3.55. The van der Waals surface area contributed by atoms with Gasteiger partial charge in [-0.1, -0.05) is 20.8 Å². The first-order valence-electron chi connectivity index (χ1n) is 5.82. The first-order chi connectivity index (χ1) is 7.95. The lowest BCUT2D eigenvalue weighted by molar-refractivity contribution is 0.0599. The minimum atomic E-state index is -0.407. The Bertz CT molecular complexity index is 399. The van der Waals surface area contributed by atoms with Gasteiger partial charge in [0.15, 0.2) is 0 Å². The summed E-state index contributed by atoms with van der Waals surface area (Å²) in [5.74, 6) is 0.156. The van der Waals surface area contributed by atoms with Gasteiger partial charge in [0, 0.05) is 0 Å². The number of esters is 1. The zero-order chi connectivity index (χ0) is 13.0. The maximum absolute atomic E-state index is 13.2. The molecule has 0 aliphatic carbocycles. The molecule has 1 rings (SSSR count). The van der Waals surface area contributed by atoms with Crippen molar-refractivity contribution in [1.29, 1.82) is 0 Å². The minimum absolute atomic E-state index is 0.316. The Kier molecular flexibility index (Phi) is 4.67. The predicted molar refractivity (Wildman–Crippen MR) is 65.4 cm³/mol. The molecule has 0 saturated carbocycles. The second kappa shape index (κ2) is 5.80. The predicted octanol–water partition coefficient (Wildman–Crippen LogP) is 3.45. The van der Waals surface area contributed by atoms with E-state index >= 15 is 0 Å². The molecular weight excluding hydrogens is 219 g/mol. The SMILES string of the molecule is COC(=O)c1ccc(F)cc1CC(C)C(C)C. The number of hydrogen-bond acceptors (Lipinski definition) is 2. The van der Waals surface area contributed by atoms with E-state index in [1.807, 2.05) is 0 Å². The Morgan fingerprint density at radius 3 is 2.53 bits per heavy atom. The molecule has 0 N–H and O–H groups in total. The Morgan fingerprint density at radius 2 is 2.00 bits per heavy atom. The lowest BCUT2D eigenvalue weighted by atomic mass is 9.89. The Balaban J connectivity index is 3.03. The number of carbonyl (C=O) groups excluding carboxylic acids is 1. The second-order valence-electron chi connectivity index (χ2n) is 4.72. The largest absolute Gasteiger partial charge is 0.465 e. The molecule has 2 nitrogen and oxygen atoms in total. The lowest BCUT2D eigenvalue weighted by Gasteiger charge is -2.17. The average molecular weight is 238 g/mol. The minimum Gasteiger partial charge on any atom is -0.465 e. The summed E-state index contributed by atoms with van der Waals surface area (Å²) in [6, 6.07) is 4.20. The van der Waals surface area contributed by atoms with Crippen molar-refractivity contribution in [3.8, 4) is 0 Å². The van der Waals surface area contributed by atoms with Gasteiger partial charge in [-0.2, -0.15) is 0 Å². The van der Waals surface area contributed by atoms with Crippen LogP contribution in [0.2, 0.25) is 0 Å². The van der Waals surface area contributed by atoms with Crippen molar-refractivity contribution < 1.29 is 13.9 Å². The van der Waals surface area contributed by atoms with Crippen LogP contribution in [-0.2, 0) is 11.2 Å².